The summed E-state index contributed by atoms with van der Waals surface area (Å²) < 4.78 is 5.53. The maximum Gasteiger partial charge on any atom is 0.321 e. The number of nitrogens with zero attached hydrogens (tertiary/aromatic N) is 2. The highest BCUT2D eigenvalue weighted by Crippen LogP contribution is 2.21. The third kappa shape index (κ3) is 3.66. The van der Waals surface area contributed by atoms with Gasteiger partial charge in [0.1, 0.15) is 5.75 Å². The minimum atomic E-state index is 0.345. The van der Waals surface area contributed by atoms with E-state index in [9.17, 15) is 0 Å². The van der Waals surface area contributed by atoms with E-state index in [1.54, 1.807) is 36.7 Å². The maximum absolute atomic E-state index is 5.81. The first-order chi connectivity index (χ1) is 9.29. The zero-order chi connectivity index (χ0) is 13.1. The Labute approximate surface area is 116 Å². The van der Waals surface area contributed by atoms with Crippen molar-refractivity contribution in [2.24, 2.45) is 0 Å². The van der Waals surface area contributed by atoms with Gasteiger partial charge >= 0.3 is 6.01 Å². The van der Waals surface area contributed by atoms with Gasteiger partial charge in [0.05, 0.1) is 0 Å². The zero-order valence-electron chi connectivity index (χ0n) is 10.3. The van der Waals surface area contributed by atoms with Crippen molar-refractivity contribution in [3.05, 3.63) is 47.2 Å². The molecule has 98 valence electrons. The van der Waals surface area contributed by atoms with Gasteiger partial charge in [-0.15, -0.1) is 0 Å². The maximum atomic E-state index is 5.81. The van der Waals surface area contributed by atoms with Crippen molar-refractivity contribution in [2.75, 3.05) is 0 Å². The Balaban J connectivity index is 1.59. The van der Waals surface area contributed by atoms with E-state index in [0.29, 0.717) is 22.8 Å². The van der Waals surface area contributed by atoms with Gasteiger partial charge in [-0.05, 0) is 37.1 Å². The zero-order valence-corrected chi connectivity index (χ0v) is 11.1. The molecule has 1 fully saturated rings. The van der Waals surface area contributed by atoms with Gasteiger partial charge in [-0.2, -0.15) is 0 Å². The fraction of sp³-hybridized carbons (Fsp3) is 0.286. The van der Waals surface area contributed by atoms with E-state index < -0.39 is 0 Å². The Morgan fingerprint density at radius 2 is 1.84 bits per heavy atom. The molecule has 0 aliphatic heterocycles. The number of halogens is 1. The highest BCUT2D eigenvalue weighted by atomic mass is 35.5. The number of aromatic nitrogens is 2. The molecule has 0 radical (unpaired) electrons. The quantitative estimate of drug-likeness (QED) is 0.910. The number of rotatable bonds is 5. The van der Waals surface area contributed by atoms with Crippen LogP contribution in [0.2, 0.25) is 5.02 Å². The lowest BCUT2D eigenvalue weighted by Crippen LogP contribution is -2.15. The number of hydrogen-bond donors (Lipinski definition) is 1. The molecule has 0 amide bonds. The van der Waals surface area contributed by atoms with Crippen LogP contribution in [0.25, 0.3) is 0 Å². The SMILES string of the molecule is Clc1ccc(Oc2ncc(CNC3CC3)cn2)cc1. The smallest absolute Gasteiger partial charge is 0.321 e. The fourth-order valence-electron chi connectivity index (χ4n) is 1.64. The summed E-state index contributed by atoms with van der Waals surface area (Å²) in [4.78, 5) is 8.38. The number of hydrogen-bond acceptors (Lipinski definition) is 4. The Morgan fingerprint density at radius 3 is 2.47 bits per heavy atom. The van der Waals surface area contributed by atoms with Crippen LogP contribution in [-0.4, -0.2) is 16.0 Å². The molecule has 2 aromatic rings. The molecule has 0 spiro atoms. The standard InChI is InChI=1S/C14H14ClN3O/c15-11-1-5-13(6-2-11)19-14-17-8-10(9-18-14)7-16-12-3-4-12/h1-2,5-6,8-9,12,16H,3-4,7H2. The molecule has 1 aliphatic rings. The third-order valence-electron chi connectivity index (χ3n) is 2.88. The highest BCUT2D eigenvalue weighted by Gasteiger charge is 2.19. The molecule has 1 heterocycles. The minimum Gasteiger partial charge on any atom is -0.424 e. The van der Waals surface area contributed by atoms with Crippen molar-refractivity contribution >= 4 is 11.6 Å². The molecule has 5 heteroatoms. The summed E-state index contributed by atoms with van der Waals surface area (Å²) >= 11 is 5.81. The second-order valence-electron chi connectivity index (χ2n) is 4.59. The number of ether oxygens (including phenoxy) is 1. The highest BCUT2D eigenvalue weighted by molar-refractivity contribution is 6.30. The van der Waals surface area contributed by atoms with E-state index in [1.807, 2.05) is 0 Å². The molecule has 1 aromatic carbocycles. The molecule has 0 unspecified atom stereocenters. The molecular weight excluding hydrogens is 262 g/mol. The molecule has 1 saturated carbocycles. The second kappa shape index (κ2) is 5.55. The molecule has 0 bridgehead atoms. The van der Waals surface area contributed by atoms with Crippen LogP contribution in [0.1, 0.15) is 18.4 Å². The monoisotopic (exact) mass is 275 g/mol. The molecule has 4 nitrogen and oxygen atoms in total. The third-order valence-corrected chi connectivity index (χ3v) is 3.13. The van der Waals surface area contributed by atoms with E-state index in [2.05, 4.69) is 15.3 Å². The van der Waals surface area contributed by atoms with E-state index >= 15 is 0 Å². The van der Waals surface area contributed by atoms with E-state index in [1.165, 1.54) is 12.8 Å². The largest absolute Gasteiger partial charge is 0.424 e. The number of nitrogens with one attached hydrogen (secondary N) is 1. The second-order valence-corrected chi connectivity index (χ2v) is 5.02. The Morgan fingerprint density at radius 1 is 1.16 bits per heavy atom. The van der Waals surface area contributed by atoms with Crippen LogP contribution in [0.4, 0.5) is 0 Å². The topological polar surface area (TPSA) is 47.0 Å². The molecular formula is C14H14ClN3O. The molecule has 19 heavy (non-hydrogen) atoms. The molecule has 3 rings (SSSR count). The van der Waals surface area contributed by atoms with Crippen LogP contribution in [0.15, 0.2) is 36.7 Å². The molecule has 0 atom stereocenters. The van der Waals surface area contributed by atoms with Crippen molar-refractivity contribution in [3.63, 3.8) is 0 Å². The Hall–Kier alpha value is -1.65. The van der Waals surface area contributed by atoms with Crippen LogP contribution >= 0.6 is 11.6 Å². The lowest BCUT2D eigenvalue weighted by Gasteiger charge is -2.05. The summed E-state index contributed by atoms with van der Waals surface area (Å²) in [6.07, 6.45) is 6.12. The van der Waals surface area contributed by atoms with Crippen molar-refractivity contribution in [1.29, 1.82) is 0 Å². The first-order valence-corrected chi connectivity index (χ1v) is 6.65. The lowest BCUT2D eigenvalue weighted by molar-refractivity contribution is 0.440. The van der Waals surface area contributed by atoms with Crippen LogP contribution in [0.5, 0.6) is 11.8 Å². The molecule has 1 aromatic heterocycles. The average Bonchev–Trinajstić information content (AvgIpc) is 3.25. The van der Waals surface area contributed by atoms with Crippen LogP contribution in [-0.2, 0) is 6.54 Å². The summed E-state index contributed by atoms with van der Waals surface area (Å²) in [5.41, 5.74) is 1.07. The normalized spacial score (nSPS) is 14.4. The summed E-state index contributed by atoms with van der Waals surface area (Å²) in [5.74, 6) is 0.674. The summed E-state index contributed by atoms with van der Waals surface area (Å²) in [5, 5.41) is 4.09. The van der Waals surface area contributed by atoms with Crippen LogP contribution in [0.3, 0.4) is 0 Å². The fourth-order valence-corrected chi connectivity index (χ4v) is 1.77. The van der Waals surface area contributed by atoms with E-state index in [-0.39, 0.29) is 0 Å². The predicted octanol–water partition coefficient (Wildman–Crippen LogP) is 3.17. The van der Waals surface area contributed by atoms with Gasteiger partial charge in [-0.1, -0.05) is 11.6 Å². The van der Waals surface area contributed by atoms with Gasteiger partial charge in [-0.25, -0.2) is 9.97 Å². The first-order valence-electron chi connectivity index (χ1n) is 6.27. The van der Waals surface area contributed by atoms with Gasteiger partial charge in [-0.3, -0.25) is 0 Å². The average molecular weight is 276 g/mol. The number of benzene rings is 1. The Bertz CT molecular complexity index is 538. The lowest BCUT2D eigenvalue weighted by atomic mass is 10.3. The van der Waals surface area contributed by atoms with Crippen molar-refractivity contribution < 1.29 is 4.74 Å². The van der Waals surface area contributed by atoms with Gasteiger partial charge in [0.15, 0.2) is 0 Å². The summed E-state index contributed by atoms with van der Waals surface area (Å²) in [6, 6.07) is 8.14. The minimum absolute atomic E-state index is 0.345. The van der Waals surface area contributed by atoms with Gasteiger partial charge in [0.25, 0.3) is 0 Å². The van der Waals surface area contributed by atoms with Crippen molar-refractivity contribution in [1.82, 2.24) is 15.3 Å². The van der Waals surface area contributed by atoms with Crippen LogP contribution in [0, 0.1) is 0 Å². The van der Waals surface area contributed by atoms with Crippen LogP contribution < -0.4 is 10.1 Å². The Kier molecular flexibility index (Phi) is 3.62. The summed E-state index contributed by atoms with van der Waals surface area (Å²) in [6.45, 7) is 0.811. The van der Waals surface area contributed by atoms with E-state index in [4.69, 9.17) is 16.3 Å². The van der Waals surface area contributed by atoms with E-state index in [0.717, 1.165) is 12.1 Å². The predicted molar refractivity (Wildman–Crippen MR) is 73.4 cm³/mol. The van der Waals surface area contributed by atoms with Gasteiger partial charge in [0.2, 0.25) is 0 Å². The summed E-state index contributed by atoms with van der Waals surface area (Å²) in [7, 11) is 0. The van der Waals surface area contributed by atoms with Crippen molar-refractivity contribution in [2.45, 2.75) is 25.4 Å². The van der Waals surface area contributed by atoms with Gasteiger partial charge < -0.3 is 10.1 Å². The molecule has 0 saturated heterocycles. The molecule has 1 aliphatic carbocycles. The van der Waals surface area contributed by atoms with Crippen molar-refractivity contribution in [3.8, 4) is 11.8 Å². The molecule has 1 N–H and O–H groups in total. The van der Waals surface area contributed by atoms with Gasteiger partial charge in [0, 0.05) is 35.6 Å². The first kappa shape index (κ1) is 12.4.